The molecule has 0 fully saturated rings. The fraction of sp³-hybridized carbons (Fsp3) is 0.516. The zero-order valence-corrected chi connectivity index (χ0v) is 23.8. The number of carbonyl (C=O) groups excluding carboxylic acids is 2. The number of esters is 2. The van der Waals surface area contributed by atoms with E-state index in [1.807, 2.05) is 45.1 Å². The number of carbonyl (C=O) groups is 2. The lowest BCUT2D eigenvalue weighted by Crippen LogP contribution is -2.10. The van der Waals surface area contributed by atoms with Crippen molar-refractivity contribution in [2.24, 2.45) is 0 Å². The number of hydrogen-bond acceptors (Lipinski definition) is 7. The molecule has 0 N–H and O–H groups in total. The zero-order chi connectivity index (χ0) is 28.3. The molecule has 0 aliphatic heterocycles. The van der Waals surface area contributed by atoms with Crippen LogP contribution < -0.4 is 14.9 Å². The van der Waals surface area contributed by atoms with Gasteiger partial charge in [-0.3, -0.25) is 9.59 Å². The molecular weight excluding hydrogens is 493 g/mol. The Hall–Kier alpha value is -3.47. The Morgan fingerprint density at radius 2 is 1.56 bits per heavy atom. The molecule has 0 heterocycles. The fourth-order valence-electron chi connectivity index (χ4n) is 4.42. The number of hydrogen-bond donors (Lipinski definition) is 0. The Balaban J connectivity index is 1.85. The van der Waals surface area contributed by atoms with Crippen LogP contribution in [0.25, 0.3) is 0 Å². The van der Waals surface area contributed by atoms with E-state index < -0.39 is 0 Å². The minimum Gasteiger partial charge on any atom is -0.494 e. The van der Waals surface area contributed by atoms with Gasteiger partial charge < -0.3 is 18.9 Å². The molecule has 2 aromatic carbocycles. The molecular formula is C31H42BNO6. The lowest BCUT2D eigenvalue weighted by atomic mass is 9.93. The molecule has 0 bridgehead atoms. The number of unbranched alkanes of at least 4 members (excludes halogenated alkanes) is 3. The lowest BCUT2D eigenvalue weighted by Gasteiger charge is -2.16. The third kappa shape index (κ3) is 12.8. The highest BCUT2D eigenvalue weighted by Gasteiger charge is 2.13. The number of benzene rings is 2. The monoisotopic (exact) mass is 535 g/mol. The quantitative estimate of drug-likeness (QED) is 0.149. The van der Waals surface area contributed by atoms with Crippen LogP contribution >= 0.6 is 0 Å². The van der Waals surface area contributed by atoms with Gasteiger partial charge in [-0.1, -0.05) is 36.5 Å². The van der Waals surface area contributed by atoms with E-state index in [9.17, 15) is 9.59 Å². The topological polar surface area (TPSA) is 94.9 Å². The first-order valence-corrected chi connectivity index (χ1v) is 14.1. The molecule has 0 aromatic heterocycles. The number of ether oxygens (including phenoxy) is 4. The summed E-state index contributed by atoms with van der Waals surface area (Å²) in [5.74, 6) is 1.16. The van der Waals surface area contributed by atoms with Gasteiger partial charge in [0.2, 0.25) is 0 Å². The maximum atomic E-state index is 12.0. The molecule has 0 saturated carbocycles. The molecule has 0 amide bonds. The highest BCUT2D eigenvalue weighted by Crippen LogP contribution is 2.26. The molecule has 2 aromatic rings. The van der Waals surface area contributed by atoms with E-state index in [-0.39, 0.29) is 11.9 Å². The Morgan fingerprint density at radius 1 is 0.846 bits per heavy atom. The lowest BCUT2D eigenvalue weighted by molar-refractivity contribution is -0.144. The van der Waals surface area contributed by atoms with Crippen LogP contribution in [0.5, 0.6) is 11.5 Å². The summed E-state index contributed by atoms with van der Waals surface area (Å²) in [6.45, 7) is 5.41. The first kappa shape index (κ1) is 31.8. The number of aryl methyl sites for hydroxylation is 1. The third-order valence-electron chi connectivity index (χ3n) is 6.21. The average molecular weight is 535 g/mol. The van der Waals surface area contributed by atoms with E-state index in [1.165, 1.54) is 5.56 Å². The SMILES string of the molecule is Bc1cc(CC#N)cc(OCCCCCCc2cccc(OCCCC(=O)OCC)c2CCC(=O)OCC)c1. The largest absolute Gasteiger partial charge is 0.494 e. The van der Waals surface area contributed by atoms with E-state index in [2.05, 4.69) is 12.1 Å². The van der Waals surface area contributed by atoms with Crippen molar-refractivity contribution in [3.63, 3.8) is 0 Å². The van der Waals surface area contributed by atoms with Gasteiger partial charge in [0, 0.05) is 12.8 Å². The number of nitriles is 1. The number of nitrogens with zero attached hydrogens (tertiary/aromatic N) is 1. The predicted molar refractivity (Wildman–Crippen MR) is 154 cm³/mol. The molecule has 7 nitrogen and oxygen atoms in total. The Kier molecular flexibility index (Phi) is 15.2. The minimum atomic E-state index is -0.217. The van der Waals surface area contributed by atoms with Gasteiger partial charge in [-0.05, 0) is 80.8 Å². The average Bonchev–Trinajstić information content (AvgIpc) is 2.90. The molecule has 2 rings (SSSR count). The van der Waals surface area contributed by atoms with Gasteiger partial charge in [0.1, 0.15) is 19.3 Å². The molecule has 0 atom stereocenters. The van der Waals surface area contributed by atoms with E-state index in [0.717, 1.165) is 60.2 Å². The molecule has 39 heavy (non-hydrogen) atoms. The van der Waals surface area contributed by atoms with Crippen molar-refractivity contribution >= 4 is 25.2 Å². The molecule has 0 aliphatic carbocycles. The van der Waals surface area contributed by atoms with Crippen molar-refractivity contribution < 1.29 is 28.5 Å². The van der Waals surface area contributed by atoms with Crippen LogP contribution in [-0.4, -0.2) is 46.2 Å². The summed E-state index contributed by atoms with van der Waals surface area (Å²) in [7, 11) is 2.01. The standard InChI is InChI=1S/C31H42BNO6/c1-3-36-30(34)14-10-20-39-29-13-9-12-25(28(29)15-16-31(35)37-4-2)11-7-5-6-8-19-38-27-22-24(17-18-33)21-26(32)23-27/h9,12-13,21-23H,3-8,10-11,14-17,19-20,32H2,1-2H3. The van der Waals surface area contributed by atoms with Gasteiger partial charge in [0.25, 0.3) is 0 Å². The van der Waals surface area contributed by atoms with Crippen LogP contribution in [0.4, 0.5) is 0 Å². The van der Waals surface area contributed by atoms with Crippen LogP contribution in [0.1, 0.15) is 75.5 Å². The van der Waals surface area contributed by atoms with Crippen molar-refractivity contribution in [2.45, 2.75) is 78.1 Å². The van der Waals surface area contributed by atoms with Crippen molar-refractivity contribution in [2.75, 3.05) is 26.4 Å². The summed E-state index contributed by atoms with van der Waals surface area (Å²) >= 11 is 0. The maximum absolute atomic E-state index is 12.0. The molecule has 210 valence electrons. The smallest absolute Gasteiger partial charge is 0.306 e. The molecule has 8 heteroatoms. The van der Waals surface area contributed by atoms with Crippen molar-refractivity contribution in [3.8, 4) is 17.6 Å². The van der Waals surface area contributed by atoms with Gasteiger partial charge in [-0.15, -0.1) is 0 Å². The van der Waals surface area contributed by atoms with Crippen LogP contribution in [0.3, 0.4) is 0 Å². The molecule has 0 radical (unpaired) electrons. The second-order valence-corrected chi connectivity index (χ2v) is 9.46. The number of rotatable bonds is 19. The highest BCUT2D eigenvalue weighted by atomic mass is 16.5. The molecule has 0 unspecified atom stereocenters. The summed E-state index contributed by atoms with van der Waals surface area (Å²) in [6, 6.07) is 14.2. The summed E-state index contributed by atoms with van der Waals surface area (Å²) in [5.41, 5.74) is 4.30. The van der Waals surface area contributed by atoms with Gasteiger partial charge in [0.05, 0.1) is 38.9 Å². The van der Waals surface area contributed by atoms with E-state index >= 15 is 0 Å². The second-order valence-electron chi connectivity index (χ2n) is 9.46. The first-order valence-electron chi connectivity index (χ1n) is 14.1. The van der Waals surface area contributed by atoms with E-state index in [1.54, 1.807) is 6.92 Å². The second kappa shape index (κ2) is 18.7. The molecule has 0 saturated heterocycles. The fourth-order valence-corrected chi connectivity index (χ4v) is 4.42. The van der Waals surface area contributed by atoms with Gasteiger partial charge in [-0.25, -0.2) is 0 Å². The Labute approximate surface area is 234 Å². The normalized spacial score (nSPS) is 10.5. The molecule has 0 aliphatic rings. The van der Waals surface area contributed by atoms with Gasteiger partial charge >= 0.3 is 11.9 Å². The summed E-state index contributed by atoms with van der Waals surface area (Å²) in [6.07, 6.45) is 7.14. The Morgan fingerprint density at radius 3 is 2.31 bits per heavy atom. The van der Waals surface area contributed by atoms with E-state index in [4.69, 9.17) is 24.2 Å². The van der Waals surface area contributed by atoms with Gasteiger partial charge in [-0.2, -0.15) is 5.26 Å². The van der Waals surface area contributed by atoms with Gasteiger partial charge in [0.15, 0.2) is 0 Å². The zero-order valence-electron chi connectivity index (χ0n) is 23.8. The predicted octanol–water partition coefficient (Wildman–Crippen LogP) is 4.41. The van der Waals surface area contributed by atoms with E-state index in [0.29, 0.717) is 58.5 Å². The van der Waals surface area contributed by atoms with Crippen LogP contribution in [0.2, 0.25) is 0 Å². The maximum Gasteiger partial charge on any atom is 0.306 e. The summed E-state index contributed by atoms with van der Waals surface area (Å²) in [5, 5.41) is 8.94. The third-order valence-corrected chi connectivity index (χ3v) is 6.21. The van der Waals surface area contributed by atoms with Crippen molar-refractivity contribution in [1.82, 2.24) is 0 Å². The Bertz CT molecular complexity index is 1080. The summed E-state index contributed by atoms with van der Waals surface area (Å²) < 4.78 is 22.1. The van der Waals surface area contributed by atoms with Crippen LogP contribution in [0.15, 0.2) is 36.4 Å². The van der Waals surface area contributed by atoms with Crippen LogP contribution in [0, 0.1) is 11.3 Å². The highest BCUT2D eigenvalue weighted by molar-refractivity contribution is 6.32. The minimum absolute atomic E-state index is 0.214. The van der Waals surface area contributed by atoms with Crippen molar-refractivity contribution in [1.29, 1.82) is 5.26 Å². The van der Waals surface area contributed by atoms with Crippen molar-refractivity contribution in [3.05, 3.63) is 53.1 Å². The van der Waals surface area contributed by atoms with Crippen LogP contribution in [-0.2, 0) is 38.3 Å². The summed E-state index contributed by atoms with van der Waals surface area (Å²) in [4.78, 5) is 23.6. The molecule has 0 spiro atoms. The first-order chi connectivity index (χ1) is 19.0.